The van der Waals surface area contributed by atoms with Crippen molar-refractivity contribution in [2.75, 3.05) is 6.54 Å². The van der Waals surface area contributed by atoms with Gasteiger partial charge in [0.15, 0.2) is 0 Å². The van der Waals surface area contributed by atoms with Crippen LogP contribution < -0.4 is 0 Å². The van der Waals surface area contributed by atoms with Gasteiger partial charge < -0.3 is 0 Å². The second-order valence-electron chi connectivity index (χ2n) is 1.49. The Kier molecular flexibility index (Phi) is 3.81. The molecule has 0 aliphatic heterocycles. The lowest BCUT2D eigenvalue weighted by Crippen LogP contribution is -1.91. The molecular formula is C6H9NO. The van der Waals surface area contributed by atoms with Crippen LogP contribution in [0.15, 0.2) is 11.6 Å². The monoisotopic (exact) mass is 111 g/mol. The molecule has 0 heterocycles. The lowest BCUT2D eigenvalue weighted by Gasteiger charge is -1.82. The van der Waals surface area contributed by atoms with Gasteiger partial charge in [-0.05, 0) is 19.4 Å². The Bertz CT molecular complexity index is 120. The maximum absolute atomic E-state index is 10.2. The summed E-state index contributed by atoms with van der Waals surface area (Å²) in [5, 5.41) is 0. The van der Waals surface area contributed by atoms with Gasteiger partial charge in [0, 0.05) is 6.42 Å². The van der Waals surface area contributed by atoms with Gasteiger partial charge >= 0.3 is 0 Å². The third-order valence-corrected chi connectivity index (χ3v) is 0.687. The van der Waals surface area contributed by atoms with E-state index in [0.717, 1.165) is 0 Å². The van der Waals surface area contributed by atoms with Gasteiger partial charge in [-0.2, -0.15) is 0 Å². The van der Waals surface area contributed by atoms with Crippen molar-refractivity contribution in [1.82, 2.24) is 0 Å². The van der Waals surface area contributed by atoms with E-state index >= 15 is 0 Å². The van der Waals surface area contributed by atoms with E-state index in [1.807, 2.05) is 0 Å². The third-order valence-electron chi connectivity index (χ3n) is 0.687. The van der Waals surface area contributed by atoms with Gasteiger partial charge in [0.2, 0.25) is 0 Å². The van der Waals surface area contributed by atoms with Crippen LogP contribution in [0.2, 0.25) is 0 Å². The molecule has 0 aliphatic carbocycles. The summed E-state index contributed by atoms with van der Waals surface area (Å²) in [5.74, 6) is 2.50. The number of Topliss-reactive ketones (excluding diaryl/α,β-unsaturated/α-hetero) is 1. The van der Waals surface area contributed by atoms with Crippen LogP contribution in [0.5, 0.6) is 0 Å². The van der Waals surface area contributed by atoms with Gasteiger partial charge in [0.25, 0.3) is 0 Å². The SMILES string of the molecule is C=C=NCCC(C)=O. The molecule has 0 spiro atoms. The number of carbonyl (C=O) groups excluding carboxylic acids is 1. The zero-order valence-corrected chi connectivity index (χ0v) is 4.98. The van der Waals surface area contributed by atoms with Crippen molar-refractivity contribution in [3.05, 3.63) is 6.58 Å². The summed E-state index contributed by atoms with van der Waals surface area (Å²) < 4.78 is 0. The molecule has 0 unspecified atom stereocenters. The van der Waals surface area contributed by atoms with Crippen molar-refractivity contribution in [2.24, 2.45) is 4.99 Å². The molecule has 0 fully saturated rings. The van der Waals surface area contributed by atoms with Crippen molar-refractivity contribution in [3.8, 4) is 0 Å². The normalized spacial score (nSPS) is 7.62. The summed E-state index contributed by atoms with van der Waals surface area (Å²) in [6.45, 7) is 5.32. The first-order valence-corrected chi connectivity index (χ1v) is 2.45. The minimum atomic E-state index is 0.156. The Morgan fingerprint density at radius 3 is 2.88 bits per heavy atom. The lowest BCUT2D eigenvalue weighted by molar-refractivity contribution is -0.116. The number of hydrogen-bond donors (Lipinski definition) is 0. The average molecular weight is 111 g/mol. The Balaban J connectivity index is 3.18. The Hall–Kier alpha value is -0.880. The molecule has 44 valence electrons. The van der Waals surface area contributed by atoms with Crippen molar-refractivity contribution in [1.29, 1.82) is 0 Å². The van der Waals surface area contributed by atoms with Gasteiger partial charge in [-0.1, -0.05) is 0 Å². The molecular weight excluding hydrogens is 102 g/mol. The maximum Gasteiger partial charge on any atom is 0.131 e. The summed E-state index contributed by atoms with van der Waals surface area (Å²) in [6, 6.07) is 0. The molecule has 0 aliphatic rings. The molecule has 0 aromatic carbocycles. The molecule has 0 bridgehead atoms. The van der Waals surface area contributed by atoms with Crippen molar-refractivity contribution in [2.45, 2.75) is 13.3 Å². The van der Waals surface area contributed by atoms with Crippen molar-refractivity contribution < 1.29 is 4.79 Å². The number of carbonyl (C=O) groups is 1. The fraction of sp³-hybridized carbons (Fsp3) is 0.500. The van der Waals surface area contributed by atoms with Crippen molar-refractivity contribution >= 4 is 11.7 Å². The predicted octanol–water partition coefficient (Wildman–Crippen LogP) is 0.821. The highest BCUT2D eigenvalue weighted by Gasteiger charge is 1.87. The van der Waals surface area contributed by atoms with E-state index in [4.69, 9.17) is 0 Å². The third kappa shape index (κ3) is 5.12. The average Bonchev–Trinajstić information content (AvgIpc) is 1.66. The molecule has 2 heteroatoms. The van der Waals surface area contributed by atoms with E-state index in [2.05, 4.69) is 17.4 Å². The van der Waals surface area contributed by atoms with Gasteiger partial charge in [-0.25, -0.2) is 4.99 Å². The highest BCUT2D eigenvalue weighted by molar-refractivity contribution is 5.75. The lowest BCUT2D eigenvalue weighted by atomic mass is 10.3. The van der Waals surface area contributed by atoms with Crippen LogP contribution >= 0.6 is 0 Å². The molecule has 0 saturated heterocycles. The standard InChI is InChI=1S/C6H9NO/c1-3-7-5-4-6(2)8/h1,4-5H2,2H3. The summed E-state index contributed by atoms with van der Waals surface area (Å²) in [7, 11) is 0. The molecule has 0 rings (SSSR count). The van der Waals surface area contributed by atoms with E-state index in [1.165, 1.54) is 0 Å². The van der Waals surface area contributed by atoms with E-state index in [-0.39, 0.29) is 5.78 Å². The fourth-order valence-electron chi connectivity index (χ4n) is 0.292. The first-order valence-electron chi connectivity index (χ1n) is 2.45. The Labute approximate surface area is 48.9 Å². The second kappa shape index (κ2) is 4.28. The summed E-state index contributed by atoms with van der Waals surface area (Å²) in [6.07, 6.45) is 0.502. The van der Waals surface area contributed by atoms with E-state index in [0.29, 0.717) is 13.0 Å². The minimum Gasteiger partial charge on any atom is -0.300 e. The summed E-state index contributed by atoms with van der Waals surface area (Å²) in [4.78, 5) is 13.8. The number of ketones is 1. The predicted molar refractivity (Wildman–Crippen MR) is 33.2 cm³/mol. The molecule has 0 N–H and O–H groups in total. The number of hydrogen-bond acceptors (Lipinski definition) is 2. The molecule has 8 heavy (non-hydrogen) atoms. The number of aliphatic imine (C=N–C) groups is 1. The highest BCUT2D eigenvalue weighted by atomic mass is 16.1. The van der Waals surface area contributed by atoms with Crippen LogP contribution in [-0.4, -0.2) is 18.2 Å². The minimum absolute atomic E-state index is 0.156. The van der Waals surface area contributed by atoms with Crippen LogP contribution in [0.1, 0.15) is 13.3 Å². The van der Waals surface area contributed by atoms with Gasteiger partial charge in [0.1, 0.15) is 5.78 Å². The summed E-state index contributed by atoms with van der Waals surface area (Å²) >= 11 is 0. The highest BCUT2D eigenvalue weighted by Crippen LogP contribution is 1.79. The zero-order chi connectivity index (χ0) is 6.41. The Morgan fingerprint density at radius 2 is 2.50 bits per heavy atom. The van der Waals surface area contributed by atoms with Crippen LogP contribution in [0.4, 0.5) is 0 Å². The molecule has 0 atom stereocenters. The van der Waals surface area contributed by atoms with Crippen LogP contribution in [0, 0.1) is 0 Å². The molecule has 0 amide bonds. The van der Waals surface area contributed by atoms with E-state index in [1.54, 1.807) is 6.92 Å². The van der Waals surface area contributed by atoms with Crippen molar-refractivity contribution in [3.63, 3.8) is 0 Å². The molecule has 0 aromatic rings. The number of rotatable bonds is 3. The van der Waals surface area contributed by atoms with E-state index < -0.39 is 0 Å². The maximum atomic E-state index is 10.2. The zero-order valence-electron chi connectivity index (χ0n) is 4.98. The first-order chi connectivity index (χ1) is 3.77. The van der Waals surface area contributed by atoms with E-state index in [9.17, 15) is 4.79 Å². The second-order valence-corrected chi connectivity index (χ2v) is 1.49. The molecule has 2 nitrogen and oxygen atoms in total. The molecule has 0 radical (unpaired) electrons. The summed E-state index contributed by atoms with van der Waals surface area (Å²) in [5.41, 5.74) is 0. The Morgan fingerprint density at radius 1 is 1.88 bits per heavy atom. The smallest absolute Gasteiger partial charge is 0.131 e. The first kappa shape index (κ1) is 7.12. The van der Waals surface area contributed by atoms with Crippen LogP contribution in [0.3, 0.4) is 0 Å². The number of nitrogens with zero attached hydrogens (tertiary/aromatic N) is 1. The van der Waals surface area contributed by atoms with Crippen LogP contribution in [-0.2, 0) is 4.79 Å². The van der Waals surface area contributed by atoms with Crippen LogP contribution in [0.25, 0.3) is 0 Å². The van der Waals surface area contributed by atoms with Gasteiger partial charge in [-0.3, -0.25) is 4.79 Å². The molecule has 0 saturated carbocycles. The topological polar surface area (TPSA) is 29.4 Å². The van der Waals surface area contributed by atoms with Gasteiger partial charge in [-0.15, -0.1) is 0 Å². The fourth-order valence-corrected chi connectivity index (χ4v) is 0.292. The largest absolute Gasteiger partial charge is 0.300 e. The van der Waals surface area contributed by atoms with Gasteiger partial charge in [0.05, 0.1) is 6.54 Å². The quantitative estimate of drug-likeness (QED) is 0.496. The molecule has 0 aromatic heterocycles.